The van der Waals surface area contributed by atoms with E-state index < -0.39 is 23.0 Å². The first-order valence-corrected chi connectivity index (χ1v) is 10.8. The van der Waals surface area contributed by atoms with Crippen LogP contribution in [-0.2, 0) is 10.5 Å². The number of halogens is 2. The number of para-hydroxylation sites is 1. The van der Waals surface area contributed by atoms with Crippen LogP contribution in [0.5, 0.6) is 11.5 Å². The molecule has 0 aromatic heterocycles. The number of hydrogen-bond acceptors (Lipinski definition) is 5. The van der Waals surface area contributed by atoms with Gasteiger partial charge in [-0.2, -0.15) is 5.26 Å². The van der Waals surface area contributed by atoms with Gasteiger partial charge in [-0.3, -0.25) is 4.79 Å². The molecular weight excluding hydrogens is 437 g/mol. The van der Waals surface area contributed by atoms with Gasteiger partial charge >= 0.3 is 0 Å². The monoisotopic (exact) mass is 463 g/mol. The number of amides is 1. The van der Waals surface area contributed by atoms with Crippen LogP contribution in [0.2, 0.25) is 0 Å². The van der Waals surface area contributed by atoms with Gasteiger partial charge in [0.25, 0.3) is 0 Å². The van der Waals surface area contributed by atoms with Gasteiger partial charge in [0.05, 0.1) is 18.7 Å². The van der Waals surface area contributed by atoms with Crippen LogP contribution >= 0.6 is 24.2 Å². The van der Waals surface area contributed by atoms with Gasteiger partial charge < -0.3 is 15.4 Å². The molecule has 0 unspecified atom stereocenters. The van der Waals surface area contributed by atoms with Crippen molar-refractivity contribution >= 4 is 30.1 Å². The molecule has 2 N–H and O–H groups in total. The van der Waals surface area contributed by atoms with Crippen LogP contribution in [0.25, 0.3) is 0 Å². The number of nitriles is 1. The highest BCUT2D eigenvalue weighted by molar-refractivity contribution is 7.99. The summed E-state index contributed by atoms with van der Waals surface area (Å²) in [4.78, 5) is 14.1. The largest absolute Gasteiger partial charge is 0.457 e. The fourth-order valence-corrected chi connectivity index (χ4v) is 4.31. The highest BCUT2D eigenvalue weighted by Gasteiger charge is 2.42. The van der Waals surface area contributed by atoms with Crippen LogP contribution < -0.4 is 10.5 Å². The topological polar surface area (TPSA) is 79.3 Å². The smallest absolute Gasteiger partial charge is 0.242 e. The first-order valence-electron chi connectivity index (χ1n) is 9.85. The summed E-state index contributed by atoms with van der Waals surface area (Å²) in [5.74, 6) is 1.76. The second kappa shape index (κ2) is 10.9. The van der Waals surface area contributed by atoms with E-state index in [0.29, 0.717) is 5.75 Å². The second-order valence-electron chi connectivity index (χ2n) is 7.90. The summed E-state index contributed by atoms with van der Waals surface area (Å²) in [5, 5.41) is 9.20. The van der Waals surface area contributed by atoms with Crippen molar-refractivity contribution < 1.29 is 13.9 Å². The Morgan fingerprint density at radius 3 is 2.65 bits per heavy atom. The van der Waals surface area contributed by atoms with Gasteiger partial charge in [0.15, 0.2) is 0 Å². The summed E-state index contributed by atoms with van der Waals surface area (Å²) in [6.45, 7) is 3.73. The van der Waals surface area contributed by atoms with Gasteiger partial charge in [-0.25, -0.2) is 4.39 Å². The number of rotatable bonds is 7. The number of hydrogen-bond donors (Lipinski definition) is 1. The third-order valence-corrected chi connectivity index (χ3v) is 6.66. The molecule has 1 heterocycles. The third kappa shape index (κ3) is 6.36. The molecule has 1 amide bonds. The van der Waals surface area contributed by atoms with Crippen molar-refractivity contribution in [2.75, 3.05) is 6.54 Å². The summed E-state index contributed by atoms with van der Waals surface area (Å²) in [6, 6.07) is 17.7. The number of carbonyl (C=O) groups excluding carboxylic acids is 1. The Bertz CT molecular complexity index is 923. The van der Waals surface area contributed by atoms with E-state index in [0.717, 1.165) is 17.1 Å². The van der Waals surface area contributed by atoms with E-state index in [1.807, 2.05) is 74.5 Å². The first-order chi connectivity index (χ1) is 14.3. The Hall–Kier alpha value is -2.27. The summed E-state index contributed by atoms with van der Waals surface area (Å²) < 4.78 is 19.0. The lowest BCUT2D eigenvalue weighted by Crippen LogP contribution is -2.54. The Kier molecular flexibility index (Phi) is 8.75. The van der Waals surface area contributed by atoms with E-state index in [1.165, 1.54) is 4.90 Å². The molecule has 0 bridgehead atoms. The minimum absolute atomic E-state index is 0. The zero-order valence-corrected chi connectivity index (χ0v) is 19.2. The Morgan fingerprint density at radius 2 is 1.97 bits per heavy atom. The molecule has 0 aliphatic carbocycles. The maximum atomic E-state index is 13.7. The lowest BCUT2D eigenvalue weighted by Gasteiger charge is -2.33. The van der Waals surface area contributed by atoms with Gasteiger partial charge in [0.1, 0.15) is 23.7 Å². The van der Waals surface area contributed by atoms with Crippen molar-refractivity contribution in [3.8, 4) is 17.6 Å². The molecule has 0 saturated carbocycles. The maximum absolute atomic E-state index is 13.7. The molecular formula is C23H27ClFN3O2S. The Labute approximate surface area is 193 Å². The number of nitrogens with zero attached hydrogens (tertiary/aromatic N) is 2. The molecule has 1 aliphatic heterocycles. The fraction of sp³-hybridized carbons (Fsp3) is 0.391. The summed E-state index contributed by atoms with van der Waals surface area (Å²) in [7, 11) is 0. The quantitative estimate of drug-likeness (QED) is 0.643. The number of carbonyl (C=O) groups is 1. The van der Waals surface area contributed by atoms with Crippen molar-refractivity contribution in [2.45, 2.75) is 49.0 Å². The van der Waals surface area contributed by atoms with E-state index in [4.69, 9.17) is 10.5 Å². The van der Waals surface area contributed by atoms with Crippen LogP contribution in [0.1, 0.15) is 25.8 Å². The van der Waals surface area contributed by atoms with E-state index in [9.17, 15) is 14.4 Å². The zero-order chi connectivity index (χ0) is 21.7. The molecule has 2 aromatic carbocycles. The SMILES string of the molecule is CC(C)(SCc1cccc(Oc2ccccc2)c1)[C@H](N)C(=O)N1C[C@@H](F)C[C@H]1C#N.Cl. The van der Waals surface area contributed by atoms with Crippen LogP contribution in [0.4, 0.5) is 4.39 Å². The zero-order valence-electron chi connectivity index (χ0n) is 17.5. The number of benzene rings is 2. The van der Waals surface area contributed by atoms with E-state index >= 15 is 0 Å². The number of thioether (sulfide) groups is 1. The molecule has 1 aliphatic rings. The predicted octanol–water partition coefficient (Wildman–Crippen LogP) is 4.70. The Balaban J connectivity index is 0.00000341. The maximum Gasteiger partial charge on any atom is 0.242 e. The van der Waals surface area contributed by atoms with Gasteiger partial charge in [-0.1, -0.05) is 30.3 Å². The Morgan fingerprint density at radius 1 is 1.29 bits per heavy atom. The van der Waals surface area contributed by atoms with Gasteiger partial charge in [0.2, 0.25) is 5.91 Å². The molecule has 31 heavy (non-hydrogen) atoms. The minimum atomic E-state index is -1.17. The first kappa shape index (κ1) is 25.0. The number of alkyl halides is 1. The minimum Gasteiger partial charge on any atom is -0.457 e. The lowest BCUT2D eigenvalue weighted by atomic mass is 10.0. The third-order valence-electron chi connectivity index (χ3n) is 5.19. The van der Waals surface area contributed by atoms with Gasteiger partial charge in [0, 0.05) is 16.9 Å². The summed E-state index contributed by atoms with van der Waals surface area (Å²) in [6.07, 6.45) is -1.12. The van der Waals surface area contributed by atoms with Crippen LogP contribution in [0, 0.1) is 11.3 Å². The van der Waals surface area contributed by atoms with Gasteiger partial charge in [-0.05, 0) is 43.7 Å². The van der Waals surface area contributed by atoms with Crippen molar-refractivity contribution in [1.29, 1.82) is 5.26 Å². The van der Waals surface area contributed by atoms with Gasteiger partial charge in [-0.15, -0.1) is 24.2 Å². The molecule has 166 valence electrons. The molecule has 3 rings (SSSR count). The molecule has 2 aromatic rings. The molecule has 1 saturated heterocycles. The van der Waals surface area contributed by atoms with Crippen molar-refractivity contribution in [1.82, 2.24) is 4.90 Å². The van der Waals surface area contributed by atoms with E-state index in [1.54, 1.807) is 11.8 Å². The predicted molar refractivity (Wildman–Crippen MR) is 124 cm³/mol. The average molecular weight is 464 g/mol. The normalized spacial score (nSPS) is 19.3. The number of nitrogens with two attached hydrogens (primary N) is 1. The number of likely N-dealkylation sites (tertiary alicyclic amines) is 1. The molecule has 8 heteroatoms. The van der Waals surface area contributed by atoms with Crippen molar-refractivity contribution in [3.05, 3.63) is 60.2 Å². The standard InChI is InChI=1S/C23H26FN3O2S.ClH/c1-23(2,21(26)22(28)27-14-17(24)12-18(27)13-25)30-15-16-7-6-10-20(11-16)29-19-8-4-3-5-9-19;/h3-11,17-18,21H,12,14-15,26H2,1-2H3;1H/t17-,18-,21+;/m0./s1. The fourth-order valence-electron chi connectivity index (χ4n) is 3.31. The molecule has 5 nitrogen and oxygen atoms in total. The van der Waals surface area contributed by atoms with E-state index in [2.05, 4.69) is 0 Å². The molecule has 3 atom stereocenters. The summed E-state index contributed by atoms with van der Waals surface area (Å²) in [5.41, 5.74) is 7.31. The average Bonchev–Trinajstić information content (AvgIpc) is 3.13. The van der Waals surface area contributed by atoms with Crippen LogP contribution in [0.15, 0.2) is 54.6 Å². The van der Waals surface area contributed by atoms with Crippen molar-refractivity contribution in [3.63, 3.8) is 0 Å². The molecule has 0 spiro atoms. The van der Waals surface area contributed by atoms with Crippen molar-refractivity contribution in [2.24, 2.45) is 5.73 Å². The summed E-state index contributed by atoms with van der Waals surface area (Å²) >= 11 is 1.55. The lowest BCUT2D eigenvalue weighted by molar-refractivity contribution is -0.133. The van der Waals surface area contributed by atoms with Crippen LogP contribution in [0.3, 0.4) is 0 Å². The van der Waals surface area contributed by atoms with Crippen LogP contribution in [-0.4, -0.2) is 40.4 Å². The highest BCUT2D eigenvalue weighted by atomic mass is 35.5. The second-order valence-corrected chi connectivity index (χ2v) is 9.53. The highest BCUT2D eigenvalue weighted by Crippen LogP contribution is 2.33. The number of ether oxygens (including phenoxy) is 1. The molecule has 1 fully saturated rings. The molecule has 0 radical (unpaired) electrons. The van der Waals surface area contributed by atoms with E-state index in [-0.39, 0.29) is 31.3 Å².